The number of carbonyl (C=O) groups excluding carboxylic acids is 2. The Balaban J connectivity index is 1.24. The van der Waals surface area contributed by atoms with E-state index in [1.54, 1.807) is 11.3 Å². The second kappa shape index (κ2) is 7.69. The molecule has 1 unspecified atom stereocenters. The minimum atomic E-state index is -0.211. The summed E-state index contributed by atoms with van der Waals surface area (Å²) >= 11 is 1.57. The van der Waals surface area contributed by atoms with Crippen LogP contribution in [0.5, 0.6) is 0 Å². The van der Waals surface area contributed by atoms with Crippen molar-refractivity contribution in [1.29, 1.82) is 0 Å². The zero-order valence-corrected chi connectivity index (χ0v) is 18.2. The lowest BCUT2D eigenvalue weighted by Crippen LogP contribution is -2.78. The fourth-order valence-corrected chi connectivity index (χ4v) is 6.46. The van der Waals surface area contributed by atoms with Crippen molar-refractivity contribution in [3.63, 3.8) is 0 Å². The van der Waals surface area contributed by atoms with Gasteiger partial charge in [-0.3, -0.25) is 9.59 Å². The first-order valence-corrected chi connectivity index (χ1v) is 12.2. The smallest absolute Gasteiger partial charge is 0.263 e. The van der Waals surface area contributed by atoms with Crippen molar-refractivity contribution in [3.8, 4) is 0 Å². The van der Waals surface area contributed by atoms with Crippen molar-refractivity contribution < 1.29 is 14.3 Å². The van der Waals surface area contributed by atoms with Crippen LogP contribution in [0.1, 0.15) is 72.3 Å². The molecule has 0 N–H and O–H groups in total. The van der Waals surface area contributed by atoms with E-state index in [2.05, 4.69) is 4.90 Å². The highest BCUT2D eigenvalue weighted by Crippen LogP contribution is 2.48. The Morgan fingerprint density at radius 2 is 1.86 bits per heavy atom. The van der Waals surface area contributed by atoms with E-state index in [0.717, 1.165) is 50.3 Å². The predicted octanol–water partition coefficient (Wildman–Crippen LogP) is 4.00. The molecule has 3 heterocycles. The third kappa shape index (κ3) is 3.52. The van der Waals surface area contributed by atoms with Crippen molar-refractivity contribution >= 4 is 23.2 Å². The maximum atomic E-state index is 13.1. The zero-order valence-electron chi connectivity index (χ0n) is 17.4. The number of rotatable bonds is 5. The van der Waals surface area contributed by atoms with Crippen LogP contribution >= 0.6 is 11.3 Å². The van der Waals surface area contributed by atoms with Gasteiger partial charge in [0, 0.05) is 24.0 Å². The zero-order chi connectivity index (χ0) is 20.0. The van der Waals surface area contributed by atoms with Crippen molar-refractivity contribution in [1.82, 2.24) is 9.80 Å². The Labute approximate surface area is 177 Å². The summed E-state index contributed by atoms with van der Waals surface area (Å²) in [6.07, 6.45) is 9.91. The average molecular weight is 417 g/mol. The number of piperidine rings is 1. The Kier molecular flexibility index (Phi) is 5.19. The van der Waals surface area contributed by atoms with Gasteiger partial charge >= 0.3 is 0 Å². The summed E-state index contributed by atoms with van der Waals surface area (Å²) in [5, 5.41) is 0. The molecule has 1 spiro atoms. The molecule has 0 aromatic carbocycles. The van der Waals surface area contributed by atoms with Crippen LogP contribution in [0.25, 0.3) is 0 Å². The molecule has 2 amide bonds. The Morgan fingerprint density at radius 1 is 1.14 bits per heavy atom. The first-order valence-electron chi connectivity index (χ1n) is 11.4. The molecule has 158 valence electrons. The SMILES string of the molecule is Cc1ccc(C(=O)N2CCC(N3C(=O)C(OCC4CC4)C34CCCCC4)CC2)s1. The van der Waals surface area contributed by atoms with Crippen molar-refractivity contribution in [2.45, 2.75) is 82.4 Å². The van der Waals surface area contributed by atoms with Gasteiger partial charge in [0.25, 0.3) is 11.8 Å². The summed E-state index contributed by atoms with van der Waals surface area (Å²) < 4.78 is 6.19. The highest BCUT2D eigenvalue weighted by molar-refractivity contribution is 7.13. The molecule has 5 nitrogen and oxygen atoms in total. The van der Waals surface area contributed by atoms with Gasteiger partial charge in [-0.15, -0.1) is 11.3 Å². The van der Waals surface area contributed by atoms with Crippen LogP contribution in [0.2, 0.25) is 0 Å². The highest BCUT2D eigenvalue weighted by Gasteiger charge is 2.62. The number of amides is 2. The highest BCUT2D eigenvalue weighted by atomic mass is 32.1. The number of β-lactam (4-membered cyclic amide) rings is 1. The Hall–Kier alpha value is -1.40. The third-order valence-corrected chi connectivity index (χ3v) is 8.40. The van der Waals surface area contributed by atoms with Gasteiger partial charge in [-0.2, -0.15) is 0 Å². The van der Waals surface area contributed by atoms with E-state index in [0.29, 0.717) is 5.92 Å². The number of aryl methyl sites for hydroxylation is 1. The van der Waals surface area contributed by atoms with E-state index in [1.165, 1.54) is 37.0 Å². The van der Waals surface area contributed by atoms with Crippen LogP contribution in [-0.4, -0.2) is 59.0 Å². The van der Waals surface area contributed by atoms with Gasteiger partial charge < -0.3 is 14.5 Å². The van der Waals surface area contributed by atoms with Gasteiger partial charge in [-0.05, 0) is 63.5 Å². The minimum Gasteiger partial charge on any atom is -0.366 e. The van der Waals surface area contributed by atoms with E-state index in [-0.39, 0.29) is 29.5 Å². The lowest BCUT2D eigenvalue weighted by Gasteiger charge is -2.62. The number of likely N-dealkylation sites (tertiary alicyclic amines) is 2. The normalized spacial score (nSPS) is 27.3. The molecule has 5 rings (SSSR count). The lowest BCUT2D eigenvalue weighted by atomic mass is 9.68. The standard InChI is InChI=1S/C23H32N2O3S/c1-16-5-8-19(29-16)21(26)24-13-9-18(10-14-24)25-22(27)20(28-15-17-6-7-17)23(25)11-3-2-4-12-23/h5,8,17-18,20H,2-4,6-7,9-15H2,1H3. The maximum Gasteiger partial charge on any atom is 0.263 e. The Morgan fingerprint density at radius 3 is 2.48 bits per heavy atom. The van der Waals surface area contributed by atoms with Gasteiger partial charge in [-0.1, -0.05) is 19.3 Å². The van der Waals surface area contributed by atoms with Crippen LogP contribution in [0.3, 0.4) is 0 Å². The quantitative estimate of drug-likeness (QED) is 0.682. The second-order valence-corrected chi connectivity index (χ2v) is 10.8. The van der Waals surface area contributed by atoms with Crippen molar-refractivity contribution in [2.24, 2.45) is 5.92 Å². The largest absolute Gasteiger partial charge is 0.366 e. The molecule has 2 saturated heterocycles. The molecular formula is C23H32N2O3S. The van der Waals surface area contributed by atoms with Gasteiger partial charge in [0.2, 0.25) is 0 Å². The van der Waals surface area contributed by atoms with Crippen LogP contribution in [0.4, 0.5) is 0 Å². The van der Waals surface area contributed by atoms with Crippen LogP contribution in [0, 0.1) is 12.8 Å². The van der Waals surface area contributed by atoms with Crippen LogP contribution in [-0.2, 0) is 9.53 Å². The summed E-state index contributed by atoms with van der Waals surface area (Å²) in [5.41, 5.74) is -0.0636. The van der Waals surface area contributed by atoms with Crippen LogP contribution in [0.15, 0.2) is 12.1 Å². The van der Waals surface area contributed by atoms with Gasteiger partial charge in [0.1, 0.15) is 0 Å². The van der Waals surface area contributed by atoms with E-state index < -0.39 is 0 Å². The first kappa shape index (κ1) is 19.6. The van der Waals surface area contributed by atoms with E-state index >= 15 is 0 Å². The van der Waals surface area contributed by atoms with Gasteiger partial charge in [0.05, 0.1) is 17.0 Å². The fraction of sp³-hybridized carbons (Fsp3) is 0.739. The summed E-state index contributed by atoms with van der Waals surface area (Å²) in [6.45, 7) is 4.29. The maximum absolute atomic E-state index is 13.1. The minimum absolute atomic E-state index is 0.0636. The molecule has 0 bridgehead atoms. The monoisotopic (exact) mass is 416 g/mol. The number of hydrogen-bond donors (Lipinski definition) is 0. The Bertz CT molecular complexity index is 773. The molecule has 1 aromatic rings. The van der Waals surface area contributed by atoms with Crippen LogP contribution < -0.4 is 0 Å². The third-order valence-electron chi connectivity index (χ3n) is 7.41. The van der Waals surface area contributed by atoms with E-state index in [9.17, 15) is 9.59 Å². The molecule has 2 aliphatic heterocycles. The molecule has 1 atom stereocenters. The average Bonchev–Trinajstić information content (AvgIpc) is 3.47. The van der Waals surface area contributed by atoms with Gasteiger partial charge in [0.15, 0.2) is 6.10 Å². The van der Waals surface area contributed by atoms with E-state index in [4.69, 9.17) is 4.74 Å². The molecule has 4 aliphatic rings. The topological polar surface area (TPSA) is 49.9 Å². The first-order chi connectivity index (χ1) is 14.1. The fourth-order valence-electron chi connectivity index (χ4n) is 5.62. The number of thiophene rings is 1. The molecule has 0 radical (unpaired) electrons. The second-order valence-electron chi connectivity index (χ2n) is 9.46. The van der Waals surface area contributed by atoms with E-state index in [1.807, 2.05) is 24.0 Å². The van der Waals surface area contributed by atoms with Crippen molar-refractivity contribution in [2.75, 3.05) is 19.7 Å². The number of hydrogen-bond acceptors (Lipinski definition) is 4. The molecule has 29 heavy (non-hydrogen) atoms. The summed E-state index contributed by atoms with van der Waals surface area (Å²) in [6, 6.07) is 4.21. The summed E-state index contributed by atoms with van der Waals surface area (Å²) in [4.78, 5) is 32.1. The van der Waals surface area contributed by atoms with Gasteiger partial charge in [-0.25, -0.2) is 0 Å². The summed E-state index contributed by atoms with van der Waals surface area (Å²) in [7, 11) is 0. The van der Waals surface area contributed by atoms with Crippen molar-refractivity contribution in [3.05, 3.63) is 21.9 Å². The molecular weight excluding hydrogens is 384 g/mol. The molecule has 2 saturated carbocycles. The summed E-state index contributed by atoms with van der Waals surface area (Å²) in [5.74, 6) is 1.05. The number of nitrogens with zero attached hydrogens (tertiary/aromatic N) is 2. The molecule has 4 fully saturated rings. The number of carbonyl (C=O) groups is 2. The number of ether oxygens (including phenoxy) is 1. The molecule has 2 aliphatic carbocycles. The lowest BCUT2D eigenvalue weighted by molar-refractivity contribution is -0.211. The molecule has 1 aromatic heterocycles. The molecule has 6 heteroatoms. The predicted molar refractivity (Wildman–Crippen MR) is 113 cm³/mol.